The number of alkyl halides is 1. The van der Waals surface area contributed by atoms with Crippen molar-refractivity contribution >= 4 is 56.9 Å². The summed E-state index contributed by atoms with van der Waals surface area (Å²) in [6.45, 7) is -0.735. The number of likely N-dealkylation sites (tertiary alicyclic amines) is 1. The highest BCUT2D eigenvalue weighted by molar-refractivity contribution is 6.37. The highest BCUT2D eigenvalue weighted by atomic mass is 35.5. The van der Waals surface area contributed by atoms with Crippen LogP contribution >= 0.6 is 11.6 Å². The fraction of sp³-hybridized carbons (Fsp3) is 0.179. The van der Waals surface area contributed by atoms with E-state index in [9.17, 15) is 23.2 Å². The molecule has 42 heavy (non-hydrogen) atoms. The molecule has 6 rings (SSSR count). The number of carbonyl (C=O) groups is 3. The number of hydrogen-bond acceptors (Lipinski definition) is 5. The zero-order valence-corrected chi connectivity index (χ0v) is 22.3. The normalized spacial score (nSPS) is 16.8. The first-order valence-corrected chi connectivity index (χ1v) is 13.1. The summed E-state index contributed by atoms with van der Waals surface area (Å²) in [5.41, 5.74) is 6.33. The maximum absolute atomic E-state index is 15.6. The number of nitrogens with one attached hydrogen (secondary N) is 2. The summed E-state index contributed by atoms with van der Waals surface area (Å²) >= 11 is 6.40. The Balaban J connectivity index is 1.25. The Labute approximate surface area is 240 Å². The van der Waals surface area contributed by atoms with Crippen LogP contribution in [0.1, 0.15) is 16.9 Å². The van der Waals surface area contributed by atoms with Crippen LogP contribution in [-0.4, -0.2) is 61.1 Å². The number of imidazole rings is 1. The first-order valence-electron chi connectivity index (χ1n) is 12.7. The molecule has 4 N–H and O–H groups in total. The smallest absolute Gasteiger partial charge is 0.287 e. The number of carbonyl (C=O) groups excluding carboxylic acids is 3. The molecule has 0 saturated carbocycles. The second-order valence-corrected chi connectivity index (χ2v) is 10.2. The van der Waals surface area contributed by atoms with Gasteiger partial charge in [-0.05, 0) is 18.2 Å². The molecule has 10 nitrogen and oxygen atoms in total. The Morgan fingerprint density at radius 1 is 1.07 bits per heavy atom. The molecule has 2 atom stereocenters. The minimum absolute atomic E-state index is 0.0215. The van der Waals surface area contributed by atoms with Gasteiger partial charge in [0.15, 0.2) is 11.5 Å². The lowest BCUT2D eigenvalue weighted by atomic mass is 10.0. The molecule has 0 radical (unpaired) electrons. The lowest BCUT2D eigenvalue weighted by Crippen LogP contribution is -2.44. The number of rotatable bonds is 6. The summed E-state index contributed by atoms with van der Waals surface area (Å²) in [6, 6.07) is 12.6. The average molecular weight is 596 g/mol. The van der Waals surface area contributed by atoms with Gasteiger partial charge in [-0.25, -0.2) is 13.8 Å². The van der Waals surface area contributed by atoms with Crippen molar-refractivity contribution in [3.8, 4) is 11.1 Å². The van der Waals surface area contributed by atoms with Crippen LogP contribution in [0.25, 0.3) is 33.1 Å². The summed E-state index contributed by atoms with van der Waals surface area (Å²) in [7, 11) is 0. The molecule has 1 aliphatic heterocycles. The van der Waals surface area contributed by atoms with Crippen molar-refractivity contribution in [3.63, 3.8) is 0 Å². The number of primary amides is 1. The minimum Gasteiger partial charge on any atom is -0.364 e. The second kappa shape index (κ2) is 10.5. The number of fused-ring (bicyclic) bond motifs is 2. The molecule has 0 spiro atoms. The lowest BCUT2D eigenvalue weighted by molar-refractivity contribution is -0.137. The van der Waals surface area contributed by atoms with Crippen molar-refractivity contribution in [3.05, 3.63) is 77.2 Å². The van der Waals surface area contributed by atoms with Crippen LogP contribution in [0.5, 0.6) is 0 Å². The van der Waals surface area contributed by atoms with E-state index in [1.54, 1.807) is 24.3 Å². The van der Waals surface area contributed by atoms with E-state index in [1.807, 2.05) is 0 Å². The Kier molecular flexibility index (Phi) is 6.81. The van der Waals surface area contributed by atoms with Gasteiger partial charge in [0, 0.05) is 22.9 Å². The zero-order chi connectivity index (χ0) is 29.7. The molecule has 3 heterocycles. The molecule has 0 bridgehead atoms. The Bertz CT molecular complexity index is 1910. The molecule has 3 aromatic carbocycles. The quantitative estimate of drug-likeness (QED) is 0.270. The van der Waals surface area contributed by atoms with Gasteiger partial charge in [-0.15, -0.1) is 0 Å². The lowest BCUT2D eigenvalue weighted by Gasteiger charge is -2.24. The molecule has 14 heteroatoms. The number of hydrogen-bond donors (Lipinski definition) is 3. The van der Waals surface area contributed by atoms with Crippen LogP contribution in [0.2, 0.25) is 5.02 Å². The van der Waals surface area contributed by atoms with Gasteiger partial charge >= 0.3 is 0 Å². The Hall–Kier alpha value is -4.91. The van der Waals surface area contributed by atoms with E-state index in [4.69, 9.17) is 17.3 Å². The standard InChI is InChI=1S/C28H21ClF3N7O3/c29-22-14(8-9-18-25(22)36-28(32)35-18)15-5-3-6-17(23(15)31)34-27(42)20-10-13(30)11-38(20)21(40)12-39-19-7-2-1-4-16(19)24(37-39)26(33)41/h1-9,13,20H,10-12H2,(H2,33,41)(H,34,42)(H,35,36)/t13-,20+/m1/s1. The van der Waals surface area contributed by atoms with E-state index in [0.29, 0.717) is 10.9 Å². The number of amides is 3. The summed E-state index contributed by atoms with van der Waals surface area (Å²) in [5, 5.41) is 7.09. The van der Waals surface area contributed by atoms with Gasteiger partial charge in [-0.1, -0.05) is 48.0 Å². The molecular formula is C28H21ClF3N7O3. The van der Waals surface area contributed by atoms with Gasteiger partial charge in [-0.3, -0.25) is 19.1 Å². The number of para-hydroxylation sites is 1. The van der Waals surface area contributed by atoms with E-state index in [0.717, 1.165) is 4.90 Å². The number of nitrogens with zero attached hydrogens (tertiary/aromatic N) is 4. The average Bonchev–Trinajstić information content (AvgIpc) is 3.65. The molecule has 5 aromatic rings. The van der Waals surface area contributed by atoms with E-state index in [-0.39, 0.29) is 58.1 Å². The third-order valence-electron chi connectivity index (χ3n) is 7.16. The molecule has 0 unspecified atom stereocenters. The van der Waals surface area contributed by atoms with Crippen molar-refractivity contribution < 1.29 is 27.6 Å². The molecule has 1 aliphatic rings. The van der Waals surface area contributed by atoms with Gasteiger partial charge < -0.3 is 20.9 Å². The fourth-order valence-corrected chi connectivity index (χ4v) is 5.54. The molecule has 1 saturated heterocycles. The Morgan fingerprint density at radius 2 is 1.86 bits per heavy atom. The van der Waals surface area contributed by atoms with Gasteiger partial charge in [-0.2, -0.15) is 9.49 Å². The molecular weight excluding hydrogens is 575 g/mol. The highest BCUT2D eigenvalue weighted by Crippen LogP contribution is 2.36. The SMILES string of the molecule is NC(=O)c1nn(CC(=O)N2C[C@H](F)C[C@H]2C(=O)Nc2cccc(-c3ccc4nc(F)[nH]c4c3Cl)c2F)c2ccccc12. The van der Waals surface area contributed by atoms with E-state index < -0.39 is 41.8 Å². The van der Waals surface area contributed by atoms with Crippen LogP contribution in [0.3, 0.4) is 0 Å². The third-order valence-corrected chi connectivity index (χ3v) is 7.56. The van der Waals surface area contributed by atoms with Crippen LogP contribution in [-0.2, 0) is 16.1 Å². The number of halogens is 4. The first kappa shape index (κ1) is 27.3. The van der Waals surface area contributed by atoms with Crippen LogP contribution in [0.15, 0.2) is 54.6 Å². The summed E-state index contributed by atoms with van der Waals surface area (Å²) in [5.74, 6) is -3.02. The molecule has 0 aliphatic carbocycles. The van der Waals surface area contributed by atoms with Gasteiger partial charge in [0.25, 0.3) is 12.0 Å². The number of nitrogens with two attached hydrogens (primary N) is 1. The van der Waals surface area contributed by atoms with Crippen LogP contribution < -0.4 is 11.1 Å². The number of anilines is 1. The monoisotopic (exact) mass is 595 g/mol. The fourth-order valence-electron chi connectivity index (χ4n) is 5.23. The molecule has 214 valence electrons. The van der Waals surface area contributed by atoms with Crippen LogP contribution in [0, 0.1) is 11.9 Å². The van der Waals surface area contributed by atoms with Crippen molar-refractivity contribution in [1.29, 1.82) is 0 Å². The van der Waals surface area contributed by atoms with E-state index in [1.165, 1.54) is 35.0 Å². The summed E-state index contributed by atoms with van der Waals surface area (Å²) in [4.78, 5) is 45.5. The van der Waals surface area contributed by atoms with E-state index in [2.05, 4.69) is 20.4 Å². The predicted molar refractivity (Wildman–Crippen MR) is 148 cm³/mol. The van der Waals surface area contributed by atoms with Gasteiger partial charge in [0.1, 0.15) is 18.8 Å². The summed E-state index contributed by atoms with van der Waals surface area (Å²) < 4.78 is 45.0. The number of H-pyrrole nitrogens is 1. The third kappa shape index (κ3) is 4.71. The largest absolute Gasteiger partial charge is 0.364 e. The minimum atomic E-state index is -1.49. The Morgan fingerprint density at radius 3 is 2.64 bits per heavy atom. The zero-order valence-electron chi connectivity index (χ0n) is 21.6. The van der Waals surface area contributed by atoms with Gasteiger partial charge in [0.2, 0.25) is 11.8 Å². The second-order valence-electron chi connectivity index (χ2n) is 9.79. The first-order chi connectivity index (χ1) is 20.1. The number of aromatic nitrogens is 4. The molecule has 3 amide bonds. The maximum atomic E-state index is 15.6. The summed E-state index contributed by atoms with van der Waals surface area (Å²) in [6.07, 6.45) is -2.63. The van der Waals surface area contributed by atoms with Crippen LogP contribution in [0.4, 0.5) is 18.9 Å². The van der Waals surface area contributed by atoms with Crippen molar-refractivity contribution in [2.24, 2.45) is 5.73 Å². The predicted octanol–water partition coefficient (Wildman–Crippen LogP) is 4.19. The highest BCUT2D eigenvalue weighted by Gasteiger charge is 2.40. The van der Waals surface area contributed by atoms with Crippen molar-refractivity contribution in [2.45, 2.75) is 25.2 Å². The van der Waals surface area contributed by atoms with Gasteiger partial charge in [0.05, 0.1) is 33.8 Å². The maximum Gasteiger partial charge on any atom is 0.287 e. The number of benzene rings is 3. The van der Waals surface area contributed by atoms with E-state index >= 15 is 4.39 Å². The van der Waals surface area contributed by atoms with Crippen molar-refractivity contribution in [2.75, 3.05) is 11.9 Å². The molecule has 2 aromatic heterocycles. The molecule has 1 fully saturated rings. The topological polar surface area (TPSA) is 139 Å². The number of aromatic amines is 1. The van der Waals surface area contributed by atoms with Crippen molar-refractivity contribution in [1.82, 2.24) is 24.6 Å².